The predicted octanol–water partition coefficient (Wildman–Crippen LogP) is 22.1. The van der Waals surface area contributed by atoms with Crippen molar-refractivity contribution in [2.45, 2.75) is 328 Å². The Morgan fingerprint density at radius 2 is 0.581 bits per heavy atom. The highest BCUT2D eigenvalue weighted by Gasteiger charge is 2.16. The number of hydrogen-bond donors (Lipinski definition) is 1. The van der Waals surface area contributed by atoms with Gasteiger partial charge in [-0.15, -0.1) is 0 Å². The summed E-state index contributed by atoms with van der Waals surface area (Å²) >= 11 is 0. The SMILES string of the molecule is CC/C=C\C/C=C\C/C=C\C/C=C\C/C=C\CCCCCCCCCCCCCCCCCCCCCCCC(=O)OC(CO)COC(=O)CCCCCCCCCCCCC/C=C\C/C=C\CCCCCCC. The number of hydrogen-bond acceptors (Lipinski definition) is 5. The number of rotatable bonds is 59. The number of carbonyl (C=O) groups excluding carboxylic acids is 2. The van der Waals surface area contributed by atoms with Gasteiger partial charge in [-0.1, -0.05) is 304 Å². The lowest BCUT2D eigenvalue weighted by Gasteiger charge is -2.15. The zero-order valence-electron chi connectivity index (χ0n) is 49.1. The number of aliphatic hydroxyl groups is 1. The number of esters is 2. The lowest BCUT2D eigenvalue weighted by molar-refractivity contribution is -0.161. The normalized spacial score (nSPS) is 12.7. The van der Waals surface area contributed by atoms with Crippen LogP contribution in [-0.4, -0.2) is 36.4 Å². The van der Waals surface area contributed by atoms with Crippen LogP contribution < -0.4 is 0 Å². The molecule has 0 spiro atoms. The third-order valence-corrected chi connectivity index (χ3v) is 14.2. The van der Waals surface area contributed by atoms with Gasteiger partial charge in [0, 0.05) is 12.8 Å². The van der Waals surface area contributed by atoms with E-state index in [1.807, 2.05) is 0 Å². The summed E-state index contributed by atoms with van der Waals surface area (Å²) in [7, 11) is 0. The van der Waals surface area contributed by atoms with Crippen molar-refractivity contribution in [3.05, 3.63) is 85.1 Å². The Morgan fingerprint density at radius 1 is 0.324 bits per heavy atom. The first-order valence-electron chi connectivity index (χ1n) is 32.1. The molecule has 428 valence electrons. The zero-order valence-corrected chi connectivity index (χ0v) is 49.1. The van der Waals surface area contributed by atoms with Crippen molar-refractivity contribution in [3.8, 4) is 0 Å². The van der Waals surface area contributed by atoms with Crippen molar-refractivity contribution in [3.63, 3.8) is 0 Å². The van der Waals surface area contributed by atoms with E-state index in [0.29, 0.717) is 12.8 Å². The van der Waals surface area contributed by atoms with E-state index < -0.39 is 6.10 Å². The van der Waals surface area contributed by atoms with E-state index in [1.54, 1.807) is 0 Å². The summed E-state index contributed by atoms with van der Waals surface area (Å²) < 4.78 is 10.7. The number of ether oxygens (including phenoxy) is 2. The molecule has 0 amide bonds. The van der Waals surface area contributed by atoms with E-state index >= 15 is 0 Å². The Hall–Kier alpha value is -2.92. The molecule has 1 atom stereocenters. The molecule has 0 aliphatic rings. The van der Waals surface area contributed by atoms with E-state index in [9.17, 15) is 14.7 Å². The van der Waals surface area contributed by atoms with Gasteiger partial charge >= 0.3 is 11.9 Å². The second kappa shape index (κ2) is 64.4. The predicted molar refractivity (Wildman–Crippen MR) is 325 cm³/mol. The second-order valence-electron chi connectivity index (χ2n) is 21.5. The lowest BCUT2D eigenvalue weighted by atomic mass is 10.0. The fourth-order valence-corrected chi connectivity index (χ4v) is 9.38. The number of allylic oxidation sites excluding steroid dienone is 14. The molecule has 0 saturated heterocycles. The molecule has 0 aromatic rings. The van der Waals surface area contributed by atoms with Gasteiger partial charge in [-0.05, 0) is 89.9 Å². The van der Waals surface area contributed by atoms with E-state index in [-0.39, 0.29) is 25.2 Å². The van der Waals surface area contributed by atoms with E-state index in [0.717, 1.165) is 77.0 Å². The van der Waals surface area contributed by atoms with E-state index in [2.05, 4.69) is 98.9 Å². The van der Waals surface area contributed by atoms with Crippen LogP contribution >= 0.6 is 0 Å². The summed E-state index contributed by atoms with van der Waals surface area (Å²) in [6, 6.07) is 0. The van der Waals surface area contributed by atoms with Gasteiger partial charge in [0.2, 0.25) is 0 Å². The van der Waals surface area contributed by atoms with Gasteiger partial charge < -0.3 is 14.6 Å². The lowest BCUT2D eigenvalue weighted by Crippen LogP contribution is -2.28. The summed E-state index contributed by atoms with van der Waals surface area (Å²) in [6.45, 7) is 4.05. The topological polar surface area (TPSA) is 72.8 Å². The summed E-state index contributed by atoms with van der Waals surface area (Å²) in [5.74, 6) is -0.580. The molecule has 5 heteroatoms. The van der Waals surface area contributed by atoms with Gasteiger partial charge in [0.15, 0.2) is 6.10 Å². The van der Waals surface area contributed by atoms with Crippen molar-refractivity contribution in [2.24, 2.45) is 0 Å². The molecule has 0 aliphatic heterocycles. The molecule has 74 heavy (non-hydrogen) atoms. The second-order valence-corrected chi connectivity index (χ2v) is 21.5. The van der Waals surface area contributed by atoms with Crippen molar-refractivity contribution in [2.75, 3.05) is 13.2 Å². The first kappa shape index (κ1) is 71.1. The molecule has 1 N–H and O–H groups in total. The van der Waals surface area contributed by atoms with Gasteiger partial charge in [0.05, 0.1) is 6.61 Å². The molecule has 0 aromatic heterocycles. The van der Waals surface area contributed by atoms with Crippen LogP contribution in [0.1, 0.15) is 322 Å². The van der Waals surface area contributed by atoms with Crippen LogP contribution in [-0.2, 0) is 19.1 Å². The highest BCUT2D eigenvalue weighted by atomic mass is 16.6. The van der Waals surface area contributed by atoms with Crippen LogP contribution in [0.3, 0.4) is 0 Å². The van der Waals surface area contributed by atoms with Crippen molar-refractivity contribution in [1.29, 1.82) is 0 Å². The smallest absolute Gasteiger partial charge is 0.306 e. The Kier molecular flexibility index (Phi) is 61.8. The van der Waals surface area contributed by atoms with Gasteiger partial charge in [-0.2, -0.15) is 0 Å². The van der Waals surface area contributed by atoms with Crippen LogP contribution in [0.25, 0.3) is 0 Å². The van der Waals surface area contributed by atoms with E-state index in [1.165, 1.54) is 218 Å². The third-order valence-electron chi connectivity index (χ3n) is 14.2. The first-order chi connectivity index (χ1) is 36.6. The van der Waals surface area contributed by atoms with Crippen LogP contribution in [0, 0.1) is 0 Å². The fourth-order valence-electron chi connectivity index (χ4n) is 9.38. The molecule has 0 heterocycles. The van der Waals surface area contributed by atoms with Crippen LogP contribution in [0.2, 0.25) is 0 Å². The Labute approximate surface area is 460 Å². The summed E-state index contributed by atoms with van der Waals surface area (Å²) in [6.07, 6.45) is 90.2. The molecule has 0 saturated carbocycles. The largest absolute Gasteiger partial charge is 0.462 e. The molecule has 0 aromatic carbocycles. The Balaban J connectivity index is 3.43. The highest BCUT2D eigenvalue weighted by molar-refractivity contribution is 5.70. The molecular weight excluding hydrogens is 909 g/mol. The summed E-state index contributed by atoms with van der Waals surface area (Å²) in [5, 5.41) is 9.68. The molecule has 0 rings (SSSR count). The van der Waals surface area contributed by atoms with Crippen molar-refractivity contribution in [1.82, 2.24) is 0 Å². The monoisotopic (exact) mass is 1030 g/mol. The minimum Gasteiger partial charge on any atom is -0.462 e. The molecule has 5 nitrogen and oxygen atoms in total. The molecular formula is C69H122O5. The average Bonchev–Trinajstić information content (AvgIpc) is 3.40. The average molecular weight is 1030 g/mol. The van der Waals surface area contributed by atoms with Crippen molar-refractivity contribution >= 4 is 11.9 Å². The van der Waals surface area contributed by atoms with E-state index in [4.69, 9.17) is 9.47 Å². The van der Waals surface area contributed by atoms with Crippen molar-refractivity contribution < 1.29 is 24.2 Å². The molecule has 0 aliphatic carbocycles. The summed E-state index contributed by atoms with van der Waals surface area (Å²) in [5.41, 5.74) is 0. The quantitative estimate of drug-likeness (QED) is 0.0373. The standard InChI is InChI=1S/C69H122O5/c1-3-5-7-9-11-13-15-17-19-21-23-25-27-28-29-30-31-32-33-34-35-36-37-38-39-40-42-44-46-48-50-52-54-56-58-60-62-64-69(72)74-67(65-70)66-73-68(71)63-61-59-57-55-53-51-49-47-45-43-41-26-24-22-20-18-16-14-12-10-8-6-4-2/h5,7,11,13,16-19,22-25,28-29,67,70H,3-4,6,8-10,12,14-15,20-21,26-27,30-66H2,1-2H3/b7-5-,13-11-,18-16-,19-17-,24-22-,25-23-,29-28-. The molecule has 0 radical (unpaired) electrons. The first-order valence-corrected chi connectivity index (χ1v) is 32.1. The highest BCUT2D eigenvalue weighted by Crippen LogP contribution is 2.17. The molecule has 0 fully saturated rings. The number of unbranched alkanes of at least 4 members (excludes halogenated alkanes) is 37. The van der Waals surface area contributed by atoms with Gasteiger partial charge in [-0.25, -0.2) is 0 Å². The Morgan fingerprint density at radius 3 is 0.878 bits per heavy atom. The molecule has 0 bridgehead atoms. The van der Waals surface area contributed by atoms with Gasteiger partial charge in [0.1, 0.15) is 6.61 Å². The maximum atomic E-state index is 12.3. The maximum Gasteiger partial charge on any atom is 0.306 e. The van der Waals surface area contributed by atoms with Gasteiger partial charge in [0.25, 0.3) is 0 Å². The number of carbonyl (C=O) groups is 2. The van der Waals surface area contributed by atoms with Crippen LogP contribution in [0.4, 0.5) is 0 Å². The maximum absolute atomic E-state index is 12.3. The fraction of sp³-hybridized carbons (Fsp3) is 0.768. The minimum atomic E-state index is -0.775. The van der Waals surface area contributed by atoms with Gasteiger partial charge in [-0.3, -0.25) is 9.59 Å². The van der Waals surface area contributed by atoms with Crippen LogP contribution in [0.15, 0.2) is 85.1 Å². The number of aliphatic hydroxyl groups excluding tert-OH is 1. The minimum absolute atomic E-state index is 0.0655. The zero-order chi connectivity index (χ0) is 53.4. The Bertz CT molecular complexity index is 1350. The third kappa shape index (κ3) is 61.6. The molecule has 1 unspecified atom stereocenters. The summed E-state index contributed by atoms with van der Waals surface area (Å²) in [4.78, 5) is 24.6. The van der Waals surface area contributed by atoms with Crippen LogP contribution in [0.5, 0.6) is 0 Å².